The van der Waals surface area contributed by atoms with E-state index in [-0.39, 0.29) is 25.8 Å². The molecular formula is C12H15BrN2O4. The molecule has 0 aliphatic heterocycles. The van der Waals surface area contributed by atoms with Gasteiger partial charge in [0.25, 0.3) is 0 Å². The maximum absolute atomic E-state index is 11.5. The Labute approximate surface area is 119 Å². The first kappa shape index (κ1) is 15.5. The molecule has 0 bridgehead atoms. The van der Waals surface area contributed by atoms with Crippen LogP contribution in [0.15, 0.2) is 22.7 Å². The van der Waals surface area contributed by atoms with Crippen LogP contribution in [-0.2, 0) is 9.53 Å². The van der Waals surface area contributed by atoms with Crippen LogP contribution < -0.4 is 10.6 Å². The maximum Gasteiger partial charge on any atom is 0.329 e. The number of aliphatic carboxylic acids is 1. The Kier molecular flexibility index (Phi) is 6.31. The van der Waals surface area contributed by atoms with Crippen molar-refractivity contribution < 1.29 is 19.4 Å². The van der Waals surface area contributed by atoms with Crippen molar-refractivity contribution in [3.05, 3.63) is 28.2 Å². The number of ether oxygens (including phenoxy) is 1. The summed E-state index contributed by atoms with van der Waals surface area (Å²) in [7, 11) is 0. The van der Waals surface area contributed by atoms with Crippen LogP contribution in [0.3, 0.4) is 0 Å². The Hall–Kier alpha value is -1.60. The molecule has 104 valence electrons. The van der Waals surface area contributed by atoms with E-state index in [4.69, 9.17) is 9.84 Å². The van der Waals surface area contributed by atoms with Gasteiger partial charge in [-0.1, -0.05) is 15.9 Å². The van der Waals surface area contributed by atoms with Gasteiger partial charge in [-0.2, -0.15) is 0 Å². The number of aryl methyl sites for hydroxylation is 1. The number of nitrogens with one attached hydrogen (secondary N) is 2. The molecule has 0 unspecified atom stereocenters. The minimum atomic E-state index is -1.03. The van der Waals surface area contributed by atoms with Gasteiger partial charge in [0.2, 0.25) is 0 Å². The lowest BCUT2D eigenvalue weighted by molar-refractivity contribution is -0.142. The summed E-state index contributed by atoms with van der Waals surface area (Å²) < 4.78 is 5.76. The lowest BCUT2D eigenvalue weighted by Gasteiger charge is -2.08. The number of anilines is 1. The summed E-state index contributed by atoms with van der Waals surface area (Å²) in [4.78, 5) is 21.7. The fraction of sp³-hybridized carbons (Fsp3) is 0.333. The van der Waals surface area contributed by atoms with E-state index < -0.39 is 5.97 Å². The first-order chi connectivity index (χ1) is 8.99. The van der Waals surface area contributed by atoms with Crippen molar-refractivity contribution in [2.75, 3.05) is 25.1 Å². The van der Waals surface area contributed by atoms with Gasteiger partial charge < -0.3 is 20.5 Å². The normalized spacial score (nSPS) is 10.0. The summed E-state index contributed by atoms with van der Waals surface area (Å²) >= 11 is 3.37. The zero-order valence-corrected chi connectivity index (χ0v) is 12.0. The van der Waals surface area contributed by atoms with Crippen LogP contribution in [-0.4, -0.2) is 36.9 Å². The molecule has 0 aliphatic rings. The van der Waals surface area contributed by atoms with Crippen molar-refractivity contribution in [3.8, 4) is 0 Å². The fourth-order valence-electron chi connectivity index (χ4n) is 1.29. The number of rotatable bonds is 6. The second kappa shape index (κ2) is 7.75. The maximum atomic E-state index is 11.5. The summed E-state index contributed by atoms with van der Waals surface area (Å²) in [5, 5.41) is 13.6. The molecule has 3 N–H and O–H groups in total. The lowest BCUT2D eigenvalue weighted by Crippen LogP contribution is -2.32. The van der Waals surface area contributed by atoms with Crippen molar-refractivity contribution in [2.45, 2.75) is 6.92 Å². The zero-order valence-electron chi connectivity index (χ0n) is 10.4. The van der Waals surface area contributed by atoms with Crippen LogP contribution >= 0.6 is 15.9 Å². The van der Waals surface area contributed by atoms with Gasteiger partial charge in [-0.3, -0.25) is 0 Å². The molecule has 0 aliphatic carbocycles. The van der Waals surface area contributed by atoms with Crippen molar-refractivity contribution in [1.29, 1.82) is 0 Å². The standard InChI is InChI=1S/C12H15BrN2O4/c1-8-6-9(2-3-10(8)13)15-12(18)14-4-5-19-7-11(16)17/h2-3,6H,4-5,7H2,1H3,(H,16,17)(H2,14,15,18). The van der Waals surface area contributed by atoms with E-state index in [1.807, 2.05) is 19.1 Å². The van der Waals surface area contributed by atoms with Gasteiger partial charge in [-0.15, -0.1) is 0 Å². The SMILES string of the molecule is Cc1cc(NC(=O)NCCOCC(=O)O)ccc1Br. The first-order valence-electron chi connectivity index (χ1n) is 5.59. The monoisotopic (exact) mass is 330 g/mol. The number of urea groups is 1. The average Bonchev–Trinajstić information content (AvgIpc) is 2.33. The Morgan fingerprint density at radius 3 is 2.79 bits per heavy atom. The molecule has 0 saturated heterocycles. The first-order valence-corrected chi connectivity index (χ1v) is 6.39. The number of hydrogen-bond acceptors (Lipinski definition) is 3. The van der Waals surface area contributed by atoms with E-state index in [2.05, 4.69) is 26.6 Å². The molecule has 0 atom stereocenters. The van der Waals surface area contributed by atoms with Crippen molar-refractivity contribution in [3.63, 3.8) is 0 Å². The summed E-state index contributed by atoms with van der Waals surface area (Å²) in [6.07, 6.45) is 0. The summed E-state index contributed by atoms with van der Waals surface area (Å²) in [6.45, 7) is 1.95. The van der Waals surface area contributed by atoms with Gasteiger partial charge in [0, 0.05) is 16.7 Å². The van der Waals surface area contributed by atoms with Crippen LogP contribution in [0, 0.1) is 6.92 Å². The van der Waals surface area contributed by atoms with Crippen LogP contribution in [0.2, 0.25) is 0 Å². The smallest absolute Gasteiger partial charge is 0.329 e. The molecule has 0 fully saturated rings. The third-order valence-electron chi connectivity index (χ3n) is 2.17. The van der Waals surface area contributed by atoms with Gasteiger partial charge in [0.1, 0.15) is 6.61 Å². The Morgan fingerprint density at radius 1 is 1.42 bits per heavy atom. The molecule has 2 amide bonds. The second-order valence-corrected chi connectivity index (χ2v) is 4.65. The highest BCUT2D eigenvalue weighted by atomic mass is 79.9. The summed E-state index contributed by atoms with van der Waals surface area (Å²) in [5.74, 6) is -1.03. The zero-order chi connectivity index (χ0) is 14.3. The largest absolute Gasteiger partial charge is 0.480 e. The van der Waals surface area contributed by atoms with Crippen molar-refractivity contribution in [1.82, 2.24) is 5.32 Å². The van der Waals surface area contributed by atoms with Gasteiger partial charge in [0.15, 0.2) is 0 Å². The molecule has 0 spiro atoms. The molecule has 19 heavy (non-hydrogen) atoms. The minimum Gasteiger partial charge on any atom is -0.480 e. The highest BCUT2D eigenvalue weighted by Gasteiger charge is 2.03. The van der Waals surface area contributed by atoms with Gasteiger partial charge in [0.05, 0.1) is 6.61 Å². The van der Waals surface area contributed by atoms with Gasteiger partial charge in [-0.25, -0.2) is 9.59 Å². The van der Waals surface area contributed by atoms with Crippen LogP contribution in [0.1, 0.15) is 5.56 Å². The van der Waals surface area contributed by atoms with E-state index in [0.29, 0.717) is 5.69 Å². The number of hydrogen-bond donors (Lipinski definition) is 3. The summed E-state index contributed by atoms with van der Waals surface area (Å²) in [5.41, 5.74) is 1.70. The van der Waals surface area contributed by atoms with Crippen molar-refractivity contribution in [2.24, 2.45) is 0 Å². The molecule has 0 aromatic heterocycles. The Morgan fingerprint density at radius 2 is 2.16 bits per heavy atom. The minimum absolute atomic E-state index is 0.152. The van der Waals surface area contributed by atoms with Crippen LogP contribution in [0.5, 0.6) is 0 Å². The predicted octanol–water partition coefficient (Wildman–Crippen LogP) is 1.98. The molecular weight excluding hydrogens is 316 g/mol. The van der Waals surface area contributed by atoms with Crippen LogP contribution in [0.25, 0.3) is 0 Å². The lowest BCUT2D eigenvalue weighted by atomic mass is 10.2. The number of carbonyl (C=O) groups excluding carboxylic acids is 1. The number of carboxylic acid groups (broad SMARTS) is 1. The number of carbonyl (C=O) groups is 2. The van der Waals surface area contributed by atoms with E-state index >= 15 is 0 Å². The predicted molar refractivity (Wildman–Crippen MR) is 74.4 cm³/mol. The van der Waals surface area contributed by atoms with Gasteiger partial charge in [-0.05, 0) is 30.7 Å². The average molecular weight is 331 g/mol. The Bertz CT molecular complexity index is 465. The number of carboxylic acids is 1. The Balaban J connectivity index is 2.27. The highest BCUT2D eigenvalue weighted by Crippen LogP contribution is 2.19. The van der Waals surface area contributed by atoms with E-state index in [1.54, 1.807) is 6.07 Å². The van der Waals surface area contributed by atoms with E-state index in [0.717, 1.165) is 10.0 Å². The second-order valence-electron chi connectivity index (χ2n) is 3.79. The molecule has 6 nitrogen and oxygen atoms in total. The quantitative estimate of drug-likeness (QED) is 0.696. The molecule has 1 aromatic carbocycles. The third kappa shape index (κ3) is 6.21. The van der Waals surface area contributed by atoms with E-state index in [1.165, 1.54) is 0 Å². The van der Waals surface area contributed by atoms with E-state index in [9.17, 15) is 9.59 Å². The molecule has 1 aromatic rings. The third-order valence-corrected chi connectivity index (χ3v) is 3.06. The molecule has 7 heteroatoms. The number of amides is 2. The summed E-state index contributed by atoms with van der Waals surface area (Å²) in [6, 6.07) is 5.10. The van der Waals surface area contributed by atoms with Crippen molar-refractivity contribution >= 4 is 33.6 Å². The number of benzene rings is 1. The fourth-order valence-corrected chi connectivity index (χ4v) is 1.54. The molecule has 0 heterocycles. The molecule has 0 radical (unpaired) electrons. The van der Waals surface area contributed by atoms with Gasteiger partial charge >= 0.3 is 12.0 Å². The highest BCUT2D eigenvalue weighted by molar-refractivity contribution is 9.10. The van der Waals surface area contributed by atoms with Crippen LogP contribution in [0.4, 0.5) is 10.5 Å². The topological polar surface area (TPSA) is 87.7 Å². The molecule has 0 saturated carbocycles. The number of halogens is 1. The molecule has 1 rings (SSSR count).